The van der Waals surface area contributed by atoms with Crippen LogP contribution < -0.4 is 15.4 Å². The Hall–Kier alpha value is -3.80. The minimum absolute atomic E-state index is 0.104. The fourth-order valence-electron chi connectivity index (χ4n) is 3.80. The number of benzene rings is 2. The van der Waals surface area contributed by atoms with Crippen LogP contribution in [0.25, 0.3) is 6.08 Å². The number of furan rings is 1. The Labute approximate surface area is 187 Å². The van der Waals surface area contributed by atoms with Crippen molar-refractivity contribution in [1.29, 1.82) is 0 Å². The Morgan fingerprint density at radius 2 is 1.84 bits per heavy atom. The molecule has 0 aliphatic carbocycles. The van der Waals surface area contributed by atoms with Crippen molar-refractivity contribution in [3.8, 4) is 5.75 Å². The fraction of sp³-hybridized carbons (Fsp3) is 0.231. The van der Waals surface area contributed by atoms with Gasteiger partial charge < -0.3 is 19.8 Å². The van der Waals surface area contributed by atoms with E-state index in [9.17, 15) is 9.59 Å². The van der Waals surface area contributed by atoms with E-state index in [2.05, 4.69) is 10.6 Å². The largest absolute Gasteiger partial charge is 0.487 e. The van der Waals surface area contributed by atoms with E-state index in [0.29, 0.717) is 17.7 Å². The van der Waals surface area contributed by atoms with Crippen molar-refractivity contribution in [3.63, 3.8) is 0 Å². The Morgan fingerprint density at radius 3 is 2.56 bits per heavy atom. The molecular weight excluding hydrogens is 404 g/mol. The number of hydrogen-bond donors (Lipinski definition) is 2. The highest BCUT2D eigenvalue weighted by Crippen LogP contribution is 2.40. The first-order valence-corrected chi connectivity index (χ1v) is 10.5. The summed E-state index contributed by atoms with van der Waals surface area (Å²) in [5.74, 6) is 0.442. The van der Waals surface area contributed by atoms with E-state index < -0.39 is 11.5 Å². The zero-order valence-electron chi connectivity index (χ0n) is 18.3. The molecule has 0 saturated carbocycles. The second-order valence-electron chi connectivity index (χ2n) is 8.53. The van der Waals surface area contributed by atoms with Gasteiger partial charge in [-0.1, -0.05) is 35.9 Å². The summed E-state index contributed by atoms with van der Waals surface area (Å²) in [5.41, 5.74) is 2.11. The maximum Gasteiger partial charge on any atom is 0.268 e. The fourth-order valence-corrected chi connectivity index (χ4v) is 3.80. The second kappa shape index (κ2) is 8.75. The van der Waals surface area contributed by atoms with Crippen molar-refractivity contribution in [3.05, 3.63) is 95.1 Å². The van der Waals surface area contributed by atoms with Crippen LogP contribution in [0.15, 0.2) is 77.0 Å². The van der Waals surface area contributed by atoms with Gasteiger partial charge in [-0.3, -0.25) is 9.59 Å². The van der Waals surface area contributed by atoms with Crippen molar-refractivity contribution >= 4 is 17.9 Å². The quantitative estimate of drug-likeness (QED) is 0.571. The predicted molar refractivity (Wildman–Crippen MR) is 122 cm³/mol. The highest BCUT2D eigenvalue weighted by molar-refractivity contribution is 6.05. The van der Waals surface area contributed by atoms with Crippen LogP contribution in [-0.4, -0.2) is 17.4 Å². The van der Waals surface area contributed by atoms with Gasteiger partial charge in [0.05, 0.1) is 12.3 Å². The molecule has 6 heteroatoms. The summed E-state index contributed by atoms with van der Waals surface area (Å²) < 4.78 is 11.5. The number of amides is 2. The monoisotopic (exact) mass is 430 g/mol. The molecule has 0 radical (unpaired) electrons. The summed E-state index contributed by atoms with van der Waals surface area (Å²) in [6.45, 7) is 5.98. The Balaban J connectivity index is 1.62. The number of fused-ring (bicyclic) bond motifs is 1. The first kappa shape index (κ1) is 21.4. The standard InChI is InChI=1S/C26H26N2O4/c1-17-11-12-23-20(14-17)22(16-26(2,3)32-23)28-25(30)21(15-19-10-7-13-31-19)27-24(29)18-8-5-4-6-9-18/h4-15,22H,16H2,1-3H3,(H,27,29)(H,28,30)/b21-15-/t22-/m1/s1. The van der Waals surface area contributed by atoms with Gasteiger partial charge in [-0.15, -0.1) is 0 Å². The second-order valence-corrected chi connectivity index (χ2v) is 8.53. The third-order valence-electron chi connectivity index (χ3n) is 5.29. The van der Waals surface area contributed by atoms with E-state index in [4.69, 9.17) is 9.15 Å². The van der Waals surface area contributed by atoms with E-state index in [1.54, 1.807) is 36.4 Å². The topological polar surface area (TPSA) is 80.6 Å². The molecule has 1 aliphatic heterocycles. The predicted octanol–water partition coefficient (Wildman–Crippen LogP) is 4.78. The van der Waals surface area contributed by atoms with E-state index in [0.717, 1.165) is 16.9 Å². The number of hydrogen-bond acceptors (Lipinski definition) is 4. The summed E-state index contributed by atoms with van der Waals surface area (Å²) in [4.78, 5) is 26.1. The molecule has 164 valence electrons. The smallest absolute Gasteiger partial charge is 0.268 e. The molecule has 4 rings (SSSR count). The van der Waals surface area contributed by atoms with Crippen molar-refractivity contribution in [2.24, 2.45) is 0 Å². The molecule has 1 aromatic heterocycles. The average molecular weight is 431 g/mol. The Morgan fingerprint density at radius 1 is 1.06 bits per heavy atom. The van der Waals surface area contributed by atoms with Crippen LogP contribution in [0.2, 0.25) is 0 Å². The Kier molecular flexibility index (Phi) is 5.86. The van der Waals surface area contributed by atoms with Crippen molar-refractivity contribution in [1.82, 2.24) is 10.6 Å². The molecule has 0 unspecified atom stereocenters. The summed E-state index contributed by atoms with van der Waals surface area (Å²) in [7, 11) is 0. The lowest BCUT2D eigenvalue weighted by Crippen LogP contribution is -2.43. The maximum absolute atomic E-state index is 13.3. The van der Waals surface area contributed by atoms with Gasteiger partial charge in [0.2, 0.25) is 0 Å². The maximum atomic E-state index is 13.3. The molecule has 0 fully saturated rings. The van der Waals surface area contributed by atoms with Gasteiger partial charge in [-0.2, -0.15) is 0 Å². The van der Waals surface area contributed by atoms with Crippen molar-refractivity contribution < 1.29 is 18.7 Å². The number of ether oxygens (including phenoxy) is 1. The van der Waals surface area contributed by atoms with Crippen LogP contribution in [0.4, 0.5) is 0 Å². The van der Waals surface area contributed by atoms with Gasteiger partial charge in [-0.05, 0) is 51.1 Å². The number of aryl methyl sites for hydroxylation is 1. The summed E-state index contributed by atoms with van der Waals surface area (Å²) in [6, 6.07) is 17.9. The third kappa shape index (κ3) is 4.91. The lowest BCUT2D eigenvalue weighted by Gasteiger charge is -2.38. The van der Waals surface area contributed by atoms with Gasteiger partial charge in [-0.25, -0.2) is 0 Å². The van der Waals surface area contributed by atoms with Crippen LogP contribution in [0.3, 0.4) is 0 Å². The minimum atomic E-state index is -0.446. The van der Waals surface area contributed by atoms with E-state index >= 15 is 0 Å². The minimum Gasteiger partial charge on any atom is -0.487 e. The zero-order chi connectivity index (χ0) is 22.7. The highest BCUT2D eigenvalue weighted by Gasteiger charge is 2.35. The summed E-state index contributed by atoms with van der Waals surface area (Å²) in [6.07, 6.45) is 3.63. The average Bonchev–Trinajstić information content (AvgIpc) is 3.27. The summed E-state index contributed by atoms with van der Waals surface area (Å²) >= 11 is 0. The van der Waals surface area contributed by atoms with Crippen LogP contribution >= 0.6 is 0 Å². The first-order valence-electron chi connectivity index (χ1n) is 10.5. The highest BCUT2D eigenvalue weighted by atomic mass is 16.5. The molecule has 2 N–H and O–H groups in total. The molecule has 2 heterocycles. The zero-order valence-corrected chi connectivity index (χ0v) is 18.3. The molecule has 2 aromatic carbocycles. The molecule has 0 saturated heterocycles. The van der Waals surface area contributed by atoms with E-state index in [-0.39, 0.29) is 17.6 Å². The van der Waals surface area contributed by atoms with Gasteiger partial charge >= 0.3 is 0 Å². The van der Waals surface area contributed by atoms with Crippen LogP contribution in [0, 0.1) is 6.92 Å². The van der Waals surface area contributed by atoms with Gasteiger partial charge in [0.15, 0.2) is 0 Å². The first-order chi connectivity index (χ1) is 15.3. The molecule has 3 aromatic rings. The molecule has 0 spiro atoms. The van der Waals surface area contributed by atoms with Crippen molar-refractivity contribution in [2.75, 3.05) is 0 Å². The lowest BCUT2D eigenvalue weighted by molar-refractivity contribution is -0.119. The molecule has 2 amide bonds. The van der Waals surface area contributed by atoms with Crippen LogP contribution in [0.1, 0.15) is 53.6 Å². The van der Waals surface area contributed by atoms with Gasteiger partial charge in [0.1, 0.15) is 22.8 Å². The number of carbonyl (C=O) groups excluding carboxylic acids is 2. The summed E-state index contributed by atoms with van der Waals surface area (Å²) in [5, 5.41) is 5.82. The number of rotatable bonds is 5. The van der Waals surface area contributed by atoms with E-state index in [1.807, 2.05) is 45.0 Å². The number of carbonyl (C=O) groups is 2. The lowest BCUT2D eigenvalue weighted by atomic mass is 9.89. The van der Waals surface area contributed by atoms with Crippen LogP contribution in [-0.2, 0) is 4.79 Å². The molecule has 6 nitrogen and oxygen atoms in total. The van der Waals surface area contributed by atoms with Gasteiger partial charge in [0.25, 0.3) is 11.8 Å². The van der Waals surface area contributed by atoms with Crippen molar-refractivity contribution in [2.45, 2.75) is 38.8 Å². The van der Waals surface area contributed by atoms with E-state index in [1.165, 1.54) is 12.3 Å². The molecule has 1 atom stereocenters. The molecular formula is C26H26N2O4. The molecule has 1 aliphatic rings. The Bertz CT molecular complexity index is 1150. The van der Waals surface area contributed by atoms with Gasteiger partial charge in [0, 0.05) is 23.6 Å². The normalized spacial score (nSPS) is 17.1. The third-order valence-corrected chi connectivity index (χ3v) is 5.29. The molecule has 0 bridgehead atoms. The molecule has 32 heavy (non-hydrogen) atoms. The van der Waals surface area contributed by atoms with Crippen LogP contribution in [0.5, 0.6) is 5.75 Å². The number of nitrogens with one attached hydrogen (secondary N) is 2. The SMILES string of the molecule is Cc1ccc2c(c1)[C@H](NC(=O)/C(=C/c1ccco1)NC(=O)c1ccccc1)CC(C)(C)O2.